The van der Waals surface area contributed by atoms with Crippen LogP contribution in [0.5, 0.6) is 0 Å². The summed E-state index contributed by atoms with van der Waals surface area (Å²) in [5.74, 6) is -0.986. The number of carboxylic acids is 1. The molecular formula is C20H31NaO2. The second-order valence-corrected chi connectivity index (χ2v) is 6.33. The molecule has 0 aliphatic carbocycles. The Kier molecular flexibility index (Phi) is 13.9. The molecular weight excluding hydrogens is 295 g/mol. The molecule has 0 radical (unpaired) electrons. The number of hydrogen-bond donors (Lipinski definition) is 0. The maximum Gasteiger partial charge on any atom is 1.00 e. The fourth-order valence-electron chi connectivity index (χ4n) is 2.91. The van der Waals surface area contributed by atoms with E-state index in [1.54, 1.807) is 0 Å². The van der Waals surface area contributed by atoms with Crippen molar-refractivity contribution in [2.24, 2.45) is 0 Å². The van der Waals surface area contributed by atoms with Crippen LogP contribution in [-0.2, 0) is 24.1 Å². The van der Waals surface area contributed by atoms with Crippen molar-refractivity contribution in [3.63, 3.8) is 0 Å². The van der Waals surface area contributed by atoms with Crippen LogP contribution in [0.4, 0.5) is 0 Å². The molecule has 0 spiro atoms. The van der Waals surface area contributed by atoms with Gasteiger partial charge < -0.3 is 9.90 Å². The number of rotatable bonds is 12. The van der Waals surface area contributed by atoms with Gasteiger partial charge in [-0.25, -0.2) is 0 Å². The SMILES string of the molecule is CCCCCCc1cc(CCCCCC)cc(CC(=O)[O-])c1.[Na+]. The average molecular weight is 326 g/mol. The van der Waals surface area contributed by atoms with Crippen molar-refractivity contribution in [3.05, 3.63) is 34.9 Å². The summed E-state index contributed by atoms with van der Waals surface area (Å²) >= 11 is 0. The van der Waals surface area contributed by atoms with E-state index in [1.807, 2.05) is 0 Å². The van der Waals surface area contributed by atoms with E-state index in [0.717, 1.165) is 18.4 Å². The van der Waals surface area contributed by atoms with E-state index in [9.17, 15) is 9.90 Å². The van der Waals surface area contributed by atoms with Crippen molar-refractivity contribution in [2.75, 3.05) is 0 Å². The molecule has 2 nitrogen and oxygen atoms in total. The normalized spacial score (nSPS) is 10.3. The third-order valence-electron chi connectivity index (χ3n) is 4.10. The first-order valence-corrected chi connectivity index (χ1v) is 8.97. The van der Waals surface area contributed by atoms with Gasteiger partial charge in [0.25, 0.3) is 0 Å². The Bertz CT molecular complexity index is 413. The zero-order chi connectivity index (χ0) is 16.2. The van der Waals surface area contributed by atoms with Crippen molar-refractivity contribution < 1.29 is 39.5 Å². The number of carboxylic acid groups (broad SMARTS) is 1. The van der Waals surface area contributed by atoms with Gasteiger partial charge in [-0.05, 0) is 42.4 Å². The van der Waals surface area contributed by atoms with Crippen LogP contribution >= 0.6 is 0 Å². The molecule has 0 saturated carbocycles. The van der Waals surface area contributed by atoms with Gasteiger partial charge in [0, 0.05) is 12.4 Å². The summed E-state index contributed by atoms with van der Waals surface area (Å²) < 4.78 is 0. The number of carbonyl (C=O) groups excluding carboxylic acids is 1. The van der Waals surface area contributed by atoms with Crippen LogP contribution in [0, 0.1) is 0 Å². The fourth-order valence-corrected chi connectivity index (χ4v) is 2.91. The molecule has 1 aromatic carbocycles. The zero-order valence-electron chi connectivity index (χ0n) is 15.3. The second-order valence-electron chi connectivity index (χ2n) is 6.33. The molecule has 0 heterocycles. The average Bonchev–Trinajstić information content (AvgIpc) is 2.47. The van der Waals surface area contributed by atoms with Gasteiger partial charge in [-0.3, -0.25) is 0 Å². The first-order valence-electron chi connectivity index (χ1n) is 8.97. The van der Waals surface area contributed by atoms with E-state index in [4.69, 9.17) is 0 Å². The quantitative estimate of drug-likeness (QED) is 0.428. The first kappa shape index (κ1) is 22.7. The van der Waals surface area contributed by atoms with Crippen LogP contribution in [-0.4, -0.2) is 5.97 Å². The van der Waals surface area contributed by atoms with Gasteiger partial charge in [-0.2, -0.15) is 0 Å². The summed E-state index contributed by atoms with van der Waals surface area (Å²) in [5.41, 5.74) is 3.49. The number of benzene rings is 1. The van der Waals surface area contributed by atoms with Gasteiger partial charge in [-0.1, -0.05) is 70.6 Å². The van der Waals surface area contributed by atoms with E-state index in [-0.39, 0.29) is 36.0 Å². The van der Waals surface area contributed by atoms with Crippen molar-refractivity contribution in [1.29, 1.82) is 0 Å². The van der Waals surface area contributed by atoms with Crippen molar-refractivity contribution >= 4 is 5.97 Å². The third-order valence-corrected chi connectivity index (χ3v) is 4.10. The summed E-state index contributed by atoms with van der Waals surface area (Å²) in [7, 11) is 0. The summed E-state index contributed by atoms with van der Waals surface area (Å²) in [6.07, 6.45) is 12.1. The maximum absolute atomic E-state index is 10.9. The van der Waals surface area contributed by atoms with Gasteiger partial charge in [-0.15, -0.1) is 0 Å². The number of carbonyl (C=O) groups is 1. The smallest absolute Gasteiger partial charge is 0.550 e. The number of unbranched alkanes of at least 4 members (excludes halogenated alkanes) is 6. The number of aliphatic carboxylic acids is 1. The molecule has 1 aromatic rings. The van der Waals surface area contributed by atoms with Gasteiger partial charge in [0.1, 0.15) is 0 Å². The van der Waals surface area contributed by atoms with E-state index in [2.05, 4.69) is 32.0 Å². The minimum Gasteiger partial charge on any atom is -0.550 e. The molecule has 0 aliphatic rings. The van der Waals surface area contributed by atoms with Crippen molar-refractivity contribution in [3.8, 4) is 0 Å². The summed E-state index contributed by atoms with van der Waals surface area (Å²) in [6.45, 7) is 4.43. The Labute approximate surface area is 164 Å². The van der Waals surface area contributed by atoms with E-state index < -0.39 is 5.97 Å². The van der Waals surface area contributed by atoms with Crippen LogP contribution in [0.2, 0.25) is 0 Å². The van der Waals surface area contributed by atoms with Gasteiger partial charge in [0.2, 0.25) is 0 Å². The Morgan fingerprint density at radius 2 is 1.22 bits per heavy atom. The largest absolute Gasteiger partial charge is 1.00 e. The molecule has 0 aliphatic heterocycles. The molecule has 3 heteroatoms. The van der Waals surface area contributed by atoms with E-state index >= 15 is 0 Å². The molecule has 0 bridgehead atoms. The number of aryl methyl sites for hydroxylation is 2. The number of hydrogen-bond acceptors (Lipinski definition) is 2. The van der Waals surface area contributed by atoms with Crippen molar-refractivity contribution in [1.82, 2.24) is 0 Å². The topological polar surface area (TPSA) is 40.1 Å². The standard InChI is InChI=1S/C20H32O2.Na/c1-3-5-7-9-11-17-13-18(12-10-8-6-4-2)15-19(14-17)16-20(21)22;/h13-15H,3-12,16H2,1-2H3,(H,21,22);/q;+1/p-1. The van der Waals surface area contributed by atoms with Gasteiger partial charge in [0.05, 0.1) is 0 Å². The summed E-state index contributed by atoms with van der Waals surface area (Å²) in [5, 5.41) is 10.9. The summed E-state index contributed by atoms with van der Waals surface area (Å²) in [6, 6.07) is 6.38. The first-order chi connectivity index (χ1) is 10.7. The van der Waals surface area contributed by atoms with Crippen LogP contribution in [0.1, 0.15) is 81.9 Å². The van der Waals surface area contributed by atoms with Gasteiger partial charge in [0.15, 0.2) is 0 Å². The minimum atomic E-state index is -0.986. The monoisotopic (exact) mass is 326 g/mol. The molecule has 0 atom stereocenters. The molecule has 0 amide bonds. The molecule has 1 rings (SSSR count). The second kappa shape index (κ2) is 14.1. The molecule has 0 saturated heterocycles. The Hall–Kier alpha value is -0.310. The summed E-state index contributed by atoms with van der Waals surface area (Å²) in [4.78, 5) is 10.9. The molecule has 0 aromatic heterocycles. The molecule has 0 unspecified atom stereocenters. The molecule has 124 valence electrons. The van der Waals surface area contributed by atoms with Crippen LogP contribution in [0.3, 0.4) is 0 Å². The van der Waals surface area contributed by atoms with Gasteiger partial charge >= 0.3 is 29.6 Å². The van der Waals surface area contributed by atoms with E-state index in [0.29, 0.717) is 0 Å². The zero-order valence-corrected chi connectivity index (χ0v) is 17.3. The van der Waals surface area contributed by atoms with Crippen LogP contribution < -0.4 is 34.7 Å². The minimum absolute atomic E-state index is 0. The van der Waals surface area contributed by atoms with Crippen LogP contribution in [0.25, 0.3) is 0 Å². The fraction of sp³-hybridized carbons (Fsp3) is 0.650. The predicted molar refractivity (Wildman–Crippen MR) is 90.8 cm³/mol. The predicted octanol–water partition coefficient (Wildman–Crippen LogP) is 1.23. The van der Waals surface area contributed by atoms with Crippen LogP contribution in [0.15, 0.2) is 18.2 Å². The van der Waals surface area contributed by atoms with E-state index in [1.165, 1.54) is 62.5 Å². The molecule has 0 N–H and O–H groups in total. The Morgan fingerprint density at radius 3 is 1.61 bits per heavy atom. The van der Waals surface area contributed by atoms with Crippen molar-refractivity contribution in [2.45, 2.75) is 84.5 Å². The Morgan fingerprint density at radius 1 is 0.783 bits per heavy atom. The molecule has 23 heavy (non-hydrogen) atoms. The Balaban J connectivity index is 0.00000484. The maximum atomic E-state index is 10.9. The third kappa shape index (κ3) is 11.0. The molecule has 0 fully saturated rings.